The fourth-order valence-electron chi connectivity index (χ4n) is 1.13. The number of nitrogens with zero attached hydrogens (tertiary/aromatic N) is 1. The second-order valence-electron chi connectivity index (χ2n) is 4.76. The zero-order chi connectivity index (χ0) is 11.3. The molecule has 0 aromatic carbocycles. The van der Waals surface area contributed by atoms with Crippen LogP contribution in [0.15, 0.2) is 24.5 Å². The van der Waals surface area contributed by atoms with Gasteiger partial charge in [0.2, 0.25) is 0 Å². The van der Waals surface area contributed by atoms with Gasteiger partial charge in [0.15, 0.2) is 0 Å². The highest BCUT2D eigenvalue weighted by atomic mass is 16.5. The minimum absolute atomic E-state index is 0.0218. The molecule has 0 radical (unpaired) electrons. The first-order chi connectivity index (χ1) is 6.97. The molecule has 0 saturated heterocycles. The lowest BCUT2D eigenvalue weighted by Crippen LogP contribution is -2.15. The standard InChI is InChI=1S/C12H17NO2/c1-12(2,3)7-11(14)15-9-10-5-4-6-13-8-10/h4-6,8H,7,9H2,1-3H3. The van der Waals surface area contributed by atoms with Crippen LogP contribution in [-0.2, 0) is 16.1 Å². The molecular formula is C12H17NO2. The molecule has 0 aliphatic rings. The van der Waals surface area contributed by atoms with Gasteiger partial charge in [0.05, 0.1) is 6.42 Å². The highest BCUT2D eigenvalue weighted by molar-refractivity contribution is 5.70. The van der Waals surface area contributed by atoms with E-state index in [1.54, 1.807) is 12.4 Å². The summed E-state index contributed by atoms with van der Waals surface area (Å²) in [4.78, 5) is 15.3. The molecule has 3 nitrogen and oxygen atoms in total. The van der Waals surface area contributed by atoms with Crippen molar-refractivity contribution < 1.29 is 9.53 Å². The molecule has 0 saturated carbocycles. The second-order valence-corrected chi connectivity index (χ2v) is 4.76. The Morgan fingerprint density at radius 1 is 1.47 bits per heavy atom. The van der Waals surface area contributed by atoms with Gasteiger partial charge in [-0.25, -0.2) is 0 Å². The number of carbonyl (C=O) groups excluding carboxylic acids is 1. The predicted molar refractivity (Wildman–Crippen MR) is 58.1 cm³/mol. The summed E-state index contributed by atoms with van der Waals surface area (Å²) in [6.07, 6.45) is 3.83. The van der Waals surface area contributed by atoms with E-state index >= 15 is 0 Å². The maximum Gasteiger partial charge on any atom is 0.306 e. The Hall–Kier alpha value is -1.38. The Labute approximate surface area is 90.5 Å². The number of rotatable bonds is 3. The van der Waals surface area contributed by atoms with Gasteiger partial charge in [-0.3, -0.25) is 9.78 Å². The quantitative estimate of drug-likeness (QED) is 0.715. The van der Waals surface area contributed by atoms with Gasteiger partial charge in [-0.1, -0.05) is 26.8 Å². The summed E-state index contributed by atoms with van der Waals surface area (Å²) in [5, 5.41) is 0. The van der Waals surface area contributed by atoms with Crippen molar-refractivity contribution in [3.8, 4) is 0 Å². The van der Waals surface area contributed by atoms with Gasteiger partial charge in [0.1, 0.15) is 6.61 Å². The number of hydrogen-bond donors (Lipinski definition) is 0. The van der Waals surface area contributed by atoms with Crippen LogP contribution in [-0.4, -0.2) is 11.0 Å². The molecule has 0 N–H and O–H groups in total. The third-order valence-electron chi connectivity index (χ3n) is 1.80. The van der Waals surface area contributed by atoms with E-state index in [1.807, 2.05) is 32.9 Å². The van der Waals surface area contributed by atoms with Gasteiger partial charge in [-0.15, -0.1) is 0 Å². The molecule has 0 bridgehead atoms. The Bertz CT molecular complexity index is 314. The first-order valence-electron chi connectivity index (χ1n) is 5.02. The van der Waals surface area contributed by atoms with Gasteiger partial charge in [-0.2, -0.15) is 0 Å². The first-order valence-corrected chi connectivity index (χ1v) is 5.02. The van der Waals surface area contributed by atoms with Gasteiger partial charge in [0, 0.05) is 18.0 Å². The molecule has 0 aliphatic carbocycles. The predicted octanol–water partition coefficient (Wildman–Crippen LogP) is 2.56. The zero-order valence-electron chi connectivity index (χ0n) is 9.49. The van der Waals surface area contributed by atoms with E-state index in [2.05, 4.69) is 4.98 Å². The normalized spacial score (nSPS) is 11.1. The molecule has 3 heteroatoms. The number of ether oxygens (including phenoxy) is 1. The lowest BCUT2D eigenvalue weighted by atomic mass is 9.92. The Morgan fingerprint density at radius 3 is 2.73 bits per heavy atom. The van der Waals surface area contributed by atoms with Crippen molar-refractivity contribution in [1.29, 1.82) is 0 Å². The molecule has 0 aliphatic heterocycles. The van der Waals surface area contributed by atoms with E-state index in [0.717, 1.165) is 5.56 Å². The van der Waals surface area contributed by atoms with Crippen molar-refractivity contribution in [2.45, 2.75) is 33.8 Å². The smallest absolute Gasteiger partial charge is 0.306 e. The monoisotopic (exact) mass is 207 g/mol. The highest BCUT2D eigenvalue weighted by Crippen LogP contribution is 2.19. The SMILES string of the molecule is CC(C)(C)CC(=O)OCc1cccnc1. The molecule has 1 rings (SSSR count). The molecule has 1 heterocycles. The third-order valence-corrected chi connectivity index (χ3v) is 1.80. The van der Waals surface area contributed by atoms with E-state index < -0.39 is 0 Å². The minimum Gasteiger partial charge on any atom is -0.461 e. The highest BCUT2D eigenvalue weighted by Gasteiger charge is 2.16. The van der Waals surface area contributed by atoms with E-state index in [0.29, 0.717) is 13.0 Å². The molecule has 0 spiro atoms. The van der Waals surface area contributed by atoms with Crippen LogP contribution in [0.4, 0.5) is 0 Å². The van der Waals surface area contributed by atoms with Crippen molar-refractivity contribution >= 4 is 5.97 Å². The molecular weight excluding hydrogens is 190 g/mol. The van der Waals surface area contributed by atoms with Crippen LogP contribution in [0.2, 0.25) is 0 Å². The molecule has 1 aromatic rings. The molecule has 0 fully saturated rings. The van der Waals surface area contributed by atoms with E-state index in [9.17, 15) is 4.79 Å². The van der Waals surface area contributed by atoms with E-state index in [4.69, 9.17) is 4.74 Å². The number of carbonyl (C=O) groups is 1. The summed E-state index contributed by atoms with van der Waals surface area (Å²) >= 11 is 0. The van der Waals surface area contributed by atoms with Crippen molar-refractivity contribution in [2.24, 2.45) is 5.41 Å². The second kappa shape index (κ2) is 4.91. The van der Waals surface area contributed by atoms with Gasteiger partial charge < -0.3 is 4.74 Å². The van der Waals surface area contributed by atoms with Crippen LogP contribution >= 0.6 is 0 Å². The molecule has 0 unspecified atom stereocenters. The van der Waals surface area contributed by atoms with E-state index in [-0.39, 0.29) is 11.4 Å². The lowest BCUT2D eigenvalue weighted by molar-refractivity contribution is -0.147. The van der Waals surface area contributed by atoms with Gasteiger partial charge >= 0.3 is 5.97 Å². The van der Waals surface area contributed by atoms with Crippen molar-refractivity contribution in [3.63, 3.8) is 0 Å². The van der Waals surface area contributed by atoms with Crippen LogP contribution in [0.3, 0.4) is 0 Å². The van der Waals surface area contributed by atoms with Gasteiger partial charge in [0.25, 0.3) is 0 Å². The summed E-state index contributed by atoms with van der Waals surface area (Å²) in [5.41, 5.74) is 0.895. The number of esters is 1. The third kappa shape index (κ3) is 5.15. The van der Waals surface area contributed by atoms with Crippen LogP contribution in [0.25, 0.3) is 0 Å². The maximum absolute atomic E-state index is 11.4. The summed E-state index contributed by atoms with van der Waals surface area (Å²) in [7, 11) is 0. The van der Waals surface area contributed by atoms with Crippen LogP contribution in [0, 0.1) is 5.41 Å². The first kappa shape index (κ1) is 11.7. The van der Waals surface area contributed by atoms with Crippen molar-refractivity contribution in [3.05, 3.63) is 30.1 Å². The Balaban J connectivity index is 2.35. The van der Waals surface area contributed by atoms with Crippen LogP contribution < -0.4 is 0 Å². The lowest BCUT2D eigenvalue weighted by Gasteiger charge is -2.16. The van der Waals surface area contributed by atoms with Gasteiger partial charge in [-0.05, 0) is 11.5 Å². The molecule has 1 aromatic heterocycles. The molecule has 15 heavy (non-hydrogen) atoms. The Morgan fingerprint density at radius 2 is 2.20 bits per heavy atom. The van der Waals surface area contributed by atoms with Crippen LogP contribution in [0.5, 0.6) is 0 Å². The summed E-state index contributed by atoms with van der Waals surface area (Å²) in [6, 6.07) is 3.71. The average Bonchev–Trinajstić information content (AvgIpc) is 2.14. The average molecular weight is 207 g/mol. The largest absolute Gasteiger partial charge is 0.461 e. The molecule has 82 valence electrons. The summed E-state index contributed by atoms with van der Waals surface area (Å²) < 4.78 is 5.13. The van der Waals surface area contributed by atoms with Crippen LogP contribution in [0.1, 0.15) is 32.8 Å². The number of hydrogen-bond acceptors (Lipinski definition) is 3. The fourth-order valence-corrected chi connectivity index (χ4v) is 1.13. The summed E-state index contributed by atoms with van der Waals surface area (Å²) in [5.74, 6) is -0.161. The Kier molecular flexibility index (Phi) is 3.83. The zero-order valence-corrected chi connectivity index (χ0v) is 9.49. The van der Waals surface area contributed by atoms with Crippen molar-refractivity contribution in [2.75, 3.05) is 0 Å². The fraction of sp³-hybridized carbons (Fsp3) is 0.500. The maximum atomic E-state index is 11.4. The minimum atomic E-state index is -0.161. The number of aromatic nitrogens is 1. The molecule has 0 atom stereocenters. The summed E-state index contributed by atoms with van der Waals surface area (Å²) in [6.45, 7) is 6.34. The topological polar surface area (TPSA) is 39.2 Å². The molecule has 0 amide bonds. The van der Waals surface area contributed by atoms with E-state index in [1.165, 1.54) is 0 Å². The number of pyridine rings is 1. The van der Waals surface area contributed by atoms with Crippen molar-refractivity contribution in [1.82, 2.24) is 4.98 Å².